The van der Waals surface area contributed by atoms with Crippen molar-refractivity contribution in [2.24, 2.45) is 5.41 Å². The lowest BCUT2D eigenvalue weighted by Crippen LogP contribution is -2.49. The Morgan fingerprint density at radius 3 is 1.67 bits per heavy atom. The van der Waals surface area contributed by atoms with Crippen molar-refractivity contribution >= 4 is 25.6 Å². The number of rotatable bonds is 9. The van der Waals surface area contributed by atoms with Gasteiger partial charge in [0.25, 0.3) is 19.7 Å². The summed E-state index contributed by atoms with van der Waals surface area (Å²) in [4.78, 5) is 12.8. The van der Waals surface area contributed by atoms with E-state index in [0.29, 0.717) is 6.42 Å². The molecule has 0 aliphatic rings. The zero-order chi connectivity index (χ0) is 26.1. The molecule has 0 aliphatic heterocycles. The highest BCUT2D eigenvalue weighted by Gasteiger charge is 2.64. The Balaban J connectivity index is 3.77. The van der Waals surface area contributed by atoms with Gasteiger partial charge in [-0.1, -0.05) is 43.7 Å². The SMILES string of the molecule is CCCC(C)(C)C(=O)OC(C)(CC(S(=O)(=O)C(F)(F)F)S(=O)(=O)C(F)(F)F)c1ccccc1. The summed E-state index contributed by atoms with van der Waals surface area (Å²) < 4.78 is 128. The first-order valence-electron chi connectivity index (χ1n) is 9.53. The fraction of sp³-hybridized carbons (Fsp3) is 0.632. The maximum atomic E-state index is 13.2. The molecule has 0 heterocycles. The summed E-state index contributed by atoms with van der Waals surface area (Å²) in [5.74, 6) is -1.05. The third-order valence-corrected chi connectivity index (χ3v) is 9.55. The van der Waals surface area contributed by atoms with E-state index in [0.717, 1.165) is 19.1 Å². The van der Waals surface area contributed by atoms with Crippen molar-refractivity contribution < 1.29 is 52.7 Å². The molecule has 0 bridgehead atoms. The normalized spacial score (nSPS) is 15.8. The molecule has 0 aliphatic carbocycles. The van der Waals surface area contributed by atoms with Crippen molar-refractivity contribution in [3.05, 3.63) is 35.9 Å². The van der Waals surface area contributed by atoms with E-state index in [1.54, 1.807) is 6.92 Å². The summed E-state index contributed by atoms with van der Waals surface area (Å²) in [6, 6.07) is 6.38. The van der Waals surface area contributed by atoms with Gasteiger partial charge in [0, 0.05) is 6.42 Å². The van der Waals surface area contributed by atoms with Gasteiger partial charge in [-0.05, 0) is 32.8 Å². The number of hydrogen-bond donors (Lipinski definition) is 0. The molecule has 1 atom stereocenters. The molecule has 0 aromatic heterocycles. The highest BCUT2D eigenvalue weighted by molar-refractivity contribution is 8.09. The van der Waals surface area contributed by atoms with Crippen molar-refractivity contribution in [3.8, 4) is 0 Å². The number of sulfone groups is 2. The summed E-state index contributed by atoms with van der Waals surface area (Å²) >= 11 is 0. The highest BCUT2D eigenvalue weighted by atomic mass is 32.3. The van der Waals surface area contributed by atoms with E-state index in [1.807, 2.05) is 0 Å². The fourth-order valence-electron chi connectivity index (χ4n) is 3.08. The molecule has 0 saturated heterocycles. The van der Waals surface area contributed by atoms with Crippen molar-refractivity contribution in [1.29, 1.82) is 0 Å². The summed E-state index contributed by atoms with van der Waals surface area (Å²) in [6.07, 6.45) is -1.14. The predicted octanol–water partition coefficient (Wildman–Crippen LogP) is 4.86. The van der Waals surface area contributed by atoms with E-state index in [-0.39, 0.29) is 12.0 Å². The number of ether oxygens (including phenoxy) is 1. The number of esters is 1. The number of carbonyl (C=O) groups excluding carboxylic acids is 1. The van der Waals surface area contributed by atoms with Gasteiger partial charge in [-0.2, -0.15) is 26.3 Å². The predicted molar refractivity (Wildman–Crippen MR) is 107 cm³/mol. The Morgan fingerprint density at radius 1 is 0.879 bits per heavy atom. The molecule has 6 nitrogen and oxygen atoms in total. The Hall–Kier alpha value is -1.83. The van der Waals surface area contributed by atoms with E-state index in [4.69, 9.17) is 4.74 Å². The quantitative estimate of drug-likeness (QED) is 0.337. The number of benzene rings is 1. The molecule has 0 spiro atoms. The first kappa shape index (κ1) is 29.2. The van der Waals surface area contributed by atoms with E-state index >= 15 is 0 Å². The smallest absolute Gasteiger partial charge is 0.454 e. The maximum Gasteiger partial charge on any atom is 0.498 e. The minimum absolute atomic E-state index is 0.189. The van der Waals surface area contributed by atoms with Gasteiger partial charge < -0.3 is 4.74 Å². The van der Waals surface area contributed by atoms with Gasteiger partial charge in [-0.3, -0.25) is 4.79 Å². The van der Waals surface area contributed by atoms with Gasteiger partial charge in [0.05, 0.1) is 5.41 Å². The molecule has 1 aromatic rings. The van der Waals surface area contributed by atoms with Crippen LogP contribution in [-0.2, 0) is 34.8 Å². The van der Waals surface area contributed by atoms with Crippen LogP contribution in [0.4, 0.5) is 26.3 Å². The third-order valence-electron chi connectivity index (χ3n) is 5.02. The standard InChI is InChI=1S/C19H24F6O6S2/c1-5-11-16(2,3)15(26)31-17(4,13-9-7-6-8-10-13)12-14(32(27,28)18(20,21)22)33(29,30)19(23,24)25/h6-10,14H,5,11-12H2,1-4H3. The zero-order valence-corrected chi connectivity index (χ0v) is 19.8. The van der Waals surface area contributed by atoms with E-state index in [2.05, 4.69) is 0 Å². The number of hydrogen-bond acceptors (Lipinski definition) is 6. The number of carbonyl (C=O) groups is 1. The van der Waals surface area contributed by atoms with E-state index in [9.17, 15) is 48.0 Å². The lowest BCUT2D eigenvalue weighted by atomic mass is 9.87. The van der Waals surface area contributed by atoms with Gasteiger partial charge in [0.1, 0.15) is 5.60 Å². The average molecular weight is 527 g/mol. The molecular formula is C19H24F6O6S2. The monoisotopic (exact) mass is 526 g/mol. The molecule has 14 heteroatoms. The lowest BCUT2D eigenvalue weighted by molar-refractivity contribution is -0.171. The van der Waals surface area contributed by atoms with Gasteiger partial charge in [-0.25, -0.2) is 16.8 Å². The van der Waals surface area contributed by atoms with Gasteiger partial charge in [0.15, 0.2) is 4.58 Å². The van der Waals surface area contributed by atoms with Crippen LogP contribution in [0.15, 0.2) is 30.3 Å². The number of halogens is 6. The molecule has 0 amide bonds. The van der Waals surface area contributed by atoms with Gasteiger partial charge in [0.2, 0.25) is 0 Å². The molecule has 0 N–H and O–H groups in total. The molecule has 0 saturated carbocycles. The second kappa shape index (κ2) is 9.43. The van der Waals surface area contributed by atoms with Crippen LogP contribution in [0.25, 0.3) is 0 Å². The summed E-state index contributed by atoms with van der Waals surface area (Å²) in [7, 11) is -13.8. The molecule has 1 unspecified atom stereocenters. The van der Waals surface area contributed by atoms with Crippen molar-refractivity contribution in [3.63, 3.8) is 0 Å². The van der Waals surface area contributed by atoms with Crippen molar-refractivity contribution in [2.75, 3.05) is 0 Å². The molecule has 0 radical (unpaired) electrons. The molecule has 33 heavy (non-hydrogen) atoms. The summed E-state index contributed by atoms with van der Waals surface area (Å²) in [6.45, 7) is 5.42. The van der Waals surface area contributed by atoms with Gasteiger partial charge in [-0.15, -0.1) is 0 Å². The molecule has 1 rings (SSSR count). The van der Waals surface area contributed by atoms with Crippen molar-refractivity contribution in [2.45, 2.75) is 68.2 Å². The average Bonchev–Trinajstić information content (AvgIpc) is 2.64. The minimum Gasteiger partial charge on any atom is -0.454 e. The number of alkyl halides is 6. The Bertz CT molecular complexity index is 1000. The van der Waals surface area contributed by atoms with E-state index < -0.39 is 58.7 Å². The Morgan fingerprint density at radius 2 is 1.30 bits per heavy atom. The van der Waals surface area contributed by atoms with Crippen LogP contribution in [-0.4, -0.2) is 38.4 Å². The lowest BCUT2D eigenvalue weighted by Gasteiger charge is -2.36. The van der Waals surface area contributed by atoms with Crippen LogP contribution in [0.2, 0.25) is 0 Å². The molecule has 1 aromatic carbocycles. The van der Waals surface area contributed by atoms with Crippen LogP contribution >= 0.6 is 0 Å². The van der Waals surface area contributed by atoms with Crippen LogP contribution in [0.3, 0.4) is 0 Å². The van der Waals surface area contributed by atoms with Gasteiger partial charge >= 0.3 is 17.0 Å². The van der Waals surface area contributed by atoms with Crippen LogP contribution < -0.4 is 0 Å². The highest BCUT2D eigenvalue weighted by Crippen LogP contribution is 2.43. The first-order chi connectivity index (χ1) is 14.6. The first-order valence-corrected chi connectivity index (χ1v) is 12.6. The van der Waals surface area contributed by atoms with Crippen LogP contribution in [0.1, 0.15) is 52.5 Å². The Kier molecular flexibility index (Phi) is 8.35. The maximum absolute atomic E-state index is 13.2. The largest absolute Gasteiger partial charge is 0.498 e. The topological polar surface area (TPSA) is 94.6 Å². The van der Waals surface area contributed by atoms with Crippen molar-refractivity contribution in [1.82, 2.24) is 0 Å². The van der Waals surface area contributed by atoms with Crippen LogP contribution in [0, 0.1) is 5.41 Å². The molecular weight excluding hydrogens is 502 g/mol. The Labute approximate surface area is 188 Å². The minimum atomic E-state index is -6.90. The zero-order valence-electron chi connectivity index (χ0n) is 18.1. The summed E-state index contributed by atoms with van der Waals surface area (Å²) in [5, 5.41) is 0. The second-order valence-corrected chi connectivity index (χ2v) is 12.8. The second-order valence-electron chi connectivity index (χ2n) is 8.24. The molecule has 0 fully saturated rings. The third kappa shape index (κ3) is 6.19. The molecule has 190 valence electrons. The fourth-order valence-corrected chi connectivity index (χ4v) is 6.74. The van der Waals surface area contributed by atoms with E-state index in [1.165, 1.54) is 32.0 Å². The summed E-state index contributed by atoms with van der Waals surface area (Å²) in [5.41, 5.74) is -16.5. The van der Waals surface area contributed by atoms with Crippen LogP contribution in [0.5, 0.6) is 0 Å².